The molecule has 2 heterocycles. The molecule has 0 fully saturated rings. The Morgan fingerprint density at radius 3 is 2.48 bits per heavy atom. The number of nitrogens with zero attached hydrogens (tertiary/aromatic N) is 2. The molecule has 23 heavy (non-hydrogen) atoms. The third kappa shape index (κ3) is 2.77. The van der Waals surface area contributed by atoms with E-state index in [1.165, 1.54) is 0 Å². The molecule has 2 aromatic carbocycles. The molecule has 3 heteroatoms. The Bertz CT molecular complexity index is 952. The van der Waals surface area contributed by atoms with Gasteiger partial charge in [-0.2, -0.15) is 0 Å². The lowest BCUT2D eigenvalue weighted by Crippen LogP contribution is -1.91. The molecular weight excluding hydrogens is 284 g/mol. The molecule has 0 aliphatic carbocycles. The molecule has 4 rings (SSSR count). The van der Waals surface area contributed by atoms with Crippen LogP contribution >= 0.6 is 0 Å². The Kier molecular flexibility index (Phi) is 3.45. The molecule has 0 spiro atoms. The summed E-state index contributed by atoms with van der Waals surface area (Å²) in [6, 6.07) is 24.0. The fourth-order valence-electron chi connectivity index (χ4n) is 2.53. The second kappa shape index (κ2) is 5.89. The smallest absolute Gasteiger partial charge is 0.219 e. The molecular formula is C20H14N2O. The first kappa shape index (κ1) is 13.5. The van der Waals surface area contributed by atoms with Crippen LogP contribution in [0, 0.1) is 0 Å². The second-order valence-corrected chi connectivity index (χ2v) is 5.18. The van der Waals surface area contributed by atoms with E-state index in [1.54, 1.807) is 12.4 Å². The molecule has 2 aromatic heterocycles. The van der Waals surface area contributed by atoms with Crippen molar-refractivity contribution >= 4 is 10.9 Å². The predicted octanol–water partition coefficient (Wildman–Crippen LogP) is 5.09. The maximum absolute atomic E-state index is 6.03. The third-order valence-electron chi connectivity index (χ3n) is 3.66. The maximum atomic E-state index is 6.03. The van der Waals surface area contributed by atoms with Gasteiger partial charge in [0.1, 0.15) is 5.75 Å². The van der Waals surface area contributed by atoms with Gasteiger partial charge in [-0.25, -0.2) is 4.98 Å². The lowest BCUT2D eigenvalue weighted by Gasteiger charge is -2.11. The van der Waals surface area contributed by atoms with Crippen LogP contribution in [0.3, 0.4) is 0 Å². The largest absolute Gasteiger partial charge is 0.438 e. The summed E-state index contributed by atoms with van der Waals surface area (Å²) in [4.78, 5) is 8.63. The van der Waals surface area contributed by atoms with Gasteiger partial charge in [0.25, 0.3) is 0 Å². The Labute approximate surface area is 134 Å². The Morgan fingerprint density at radius 2 is 1.57 bits per heavy atom. The minimum absolute atomic E-state index is 0.564. The highest BCUT2D eigenvalue weighted by Crippen LogP contribution is 2.32. The SMILES string of the molecule is c1ccc(-c2ccccc2Oc2ccc3ccncc3n2)cc1. The maximum Gasteiger partial charge on any atom is 0.219 e. The number of benzene rings is 2. The molecule has 4 aromatic rings. The molecule has 0 saturated heterocycles. The van der Waals surface area contributed by atoms with Crippen molar-refractivity contribution in [1.29, 1.82) is 0 Å². The van der Waals surface area contributed by atoms with Crippen LogP contribution in [0.25, 0.3) is 22.0 Å². The highest BCUT2D eigenvalue weighted by molar-refractivity contribution is 5.78. The molecule has 0 saturated carbocycles. The highest BCUT2D eigenvalue weighted by atomic mass is 16.5. The number of aromatic nitrogens is 2. The van der Waals surface area contributed by atoms with Gasteiger partial charge in [0, 0.05) is 23.2 Å². The molecule has 0 aliphatic rings. The molecule has 0 radical (unpaired) electrons. The van der Waals surface area contributed by atoms with Crippen LogP contribution in [0.4, 0.5) is 0 Å². The zero-order valence-corrected chi connectivity index (χ0v) is 12.4. The van der Waals surface area contributed by atoms with Crippen molar-refractivity contribution in [3.05, 3.63) is 85.2 Å². The quantitative estimate of drug-likeness (QED) is 0.528. The molecule has 0 aliphatic heterocycles. The lowest BCUT2D eigenvalue weighted by atomic mass is 10.1. The van der Waals surface area contributed by atoms with Crippen molar-refractivity contribution in [2.24, 2.45) is 0 Å². The lowest BCUT2D eigenvalue weighted by molar-refractivity contribution is 0.467. The van der Waals surface area contributed by atoms with E-state index >= 15 is 0 Å². The molecule has 0 bridgehead atoms. The van der Waals surface area contributed by atoms with Gasteiger partial charge >= 0.3 is 0 Å². The van der Waals surface area contributed by atoms with E-state index in [0.717, 1.165) is 27.8 Å². The van der Waals surface area contributed by atoms with Crippen LogP contribution in [-0.4, -0.2) is 9.97 Å². The van der Waals surface area contributed by atoms with Crippen LogP contribution < -0.4 is 4.74 Å². The summed E-state index contributed by atoms with van der Waals surface area (Å²) in [5, 5.41) is 1.05. The van der Waals surface area contributed by atoms with Gasteiger partial charge in [-0.15, -0.1) is 0 Å². The van der Waals surface area contributed by atoms with Crippen molar-refractivity contribution in [2.45, 2.75) is 0 Å². The van der Waals surface area contributed by atoms with Crippen molar-refractivity contribution in [2.75, 3.05) is 0 Å². The zero-order chi connectivity index (χ0) is 15.5. The number of ether oxygens (including phenoxy) is 1. The number of para-hydroxylation sites is 1. The summed E-state index contributed by atoms with van der Waals surface area (Å²) in [7, 11) is 0. The molecule has 0 atom stereocenters. The summed E-state index contributed by atoms with van der Waals surface area (Å²) in [5.41, 5.74) is 2.98. The van der Waals surface area contributed by atoms with Gasteiger partial charge in [0.15, 0.2) is 0 Å². The molecule has 0 unspecified atom stereocenters. The van der Waals surface area contributed by atoms with E-state index in [0.29, 0.717) is 5.88 Å². The van der Waals surface area contributed by atoms with Crippen LogP contribution in [0.15, 0.2) is 85.2 Å². The van der Waals surface area contributed by atoms with Crippen LogP contribution in [0.1, 0.15) is 0 Å². The number of rotatable bonds is 3. The number of pyridine rings is 2. The van der Waals surface area contributed by atoms with E-state index in [2.05, 4.69) is 22.1 Å². The predicted molar refractivity (Wildman–Crippen MR) is 91.5 cm³/mol. The number of hydrogen-bond donors (Lipinski definition) is 0. The first-order valence-electron chi connectivity index (χ1n) is 7.43. The van der Waals surface area contributed by atoms with E-state index < -0.39 is 0 Å². The summed E-state index contributed by atoms with van der Waals surface area (Å²) < 4.78 is 6.03. The standard InChI is InChI=1S/C20H14N2O/c1-2-6-15(7-3-1)17-8-4-5-9-19(17)23-20-11-10-16-12-13-21-14-18(16)22-20/h1-14H. The number of hydrogen-bond acceptors (Lipinski definition) is 3. The summed E-state index contributed by atoms with van der Waals surface area (Å²) in [6.07, 6.45) is 3.50. The summed E-state index contributed by atoms with van der Waals surface area (Å²) in [5.74, 6) is 1.35. The average molecular weight is 298 g/mol. The van der Waals surface area contributed by atoms with Crippen molar-refractivity contribution in [1.82, 2.24) is 9.97 Å². The van der Waals surface area contributed by atoms with Crippen molar-refractivity contribution in [3.8, 4) is 22.8 Å². The monoisotopic (exact) mass is 298 g/mol. The van der Waals surface area contributed by atoms with E-state index in [1.807, 2.05) is 60.7 Å². The van der Waals surface area contributed by atoms with Gasteiger partial charge in [-0.1, -0.05) is 48.5 Å². The van der Waals surface area contributed by atoms with Gasteiger partial charge in [-0.3, -0.25) is 4.98 Å². The van der Waals surface area contributed by atoms with E-state index in [4.69, 9.17) is 4.74 Å². The highest BCUT2D eigenvalue weighted by Gasteiger charge is 2.07. The first-order valence-corrected chi connectivity index (χ1v) is 7.43. The Balaban J connectivity index is 1.73. The Morgan fingerprint density at radius 1 is 0.739 bits per heavy atom. The van der Waals surface area contributed by atoms with Crippen LogP contribution in [0.5, 0.6) is 11.6 Å². The average Bonchev–Trinajstić information content (AvgIpc) is 2.63. The van der Waals surface area contributed by atoms with Gasteiger partial charge in [-0.05, 0) is 23.8 Å². The van der Waals surface area contributed by atoms with Gasteiger partial charge < -0.3 is 4.74 Å². The van der Waals surface area contributed by atoms with E-state index in [-0.39, 0.29) is 0 Å². The zero-order valence-electron chi connectivity index (χ0n) is 12.4. The molecule has 110 valence electrons. The van der Waals surface area contributed by atoms with Crippen molar-refractivity contribution < 1.29 is 4.74 Å². The molecule has 0 N–H and O–H groups in total. The second-order valence-electron chi connectivity index (χ2n) is 5.18. The first-order chi connectivity index (χ1) is 11.4. The minimum atomic E-state index is 0.564. The topological polar surface area (TPSA) is 35.0 Å². The van der Waals surface area contributed by atoms with Crippen molar-refractivity contribution in [3.63, 3.8) is 0 Å². The van der Waals surface area contributed by atoms with Crippen LogP contribution in [-0.2, 0) is 0 Å². The minimum Gasteiger partial charge on any atom is -0.438 e. The summed E-state index contributed by atoms with van der Waals surface area (Å²) in [6.45, 7) is 0. The molecule has 0 amide bonds. The summed E-state index contributed by atoms with van der Waals surface area (Å²) >= 11 is 0. The fraction of sp³-hybridized carbons (Fsp3) is 0. The fourth-order valence-corrected chi connectivity index (χ4v) is 2.53. The van der Waals surface area contributed by atoms with Crippen LogP contribution in [0.2, 0.25) is 0 Å². The normalized spacial score (nSPS) is 10.6. The van der Waals surface area contributed by atoms with Gasteiger partial charge in [0.2, 0.25) is 5.88 Å². The number of fused-ring (bicyclic) bond motifs is 1. The van der Waals surface area contributed by atoms with E-state index in [9.17, 15) is 0 Å². The molecule has 3 nitrogen and oxygen atoms in total. The van der Waals surface area contributed by atoms with Gasteiger partial charge in [0.05, 0.1) is 11.7 Å². The Hall–Kier alpha value is -3.20. The third-order valence-corrected chi connectivity index (χ3v) is 3.66.